The molecule has 0 aliphatic heterocycles. The van der Waals surface area contributed by atoms with Gasteiger partial charge in [-0.25, -0.2) is 0 Å². The summed E-state index contributed by atoms with van der Waals surface area (Å²) in [7, 11) is 0. The molecule has 128 valence electrons. The Kier molecular flexibility index (Phi) is 6.53. The largest absolute Gasteiger partial charge is 0.394 e. The highest BCUT2D eigenvalue weighted by atomic mass is 16.5. The zero-order valence-electron chi connectivity index (χ0n) is 14.5. The molecule has 0 aromatic heterocycles. The molecule has 0 radical (unpaired) electrons. The van der Waals surface area contributed by atoms with Gasteiger partial charge in [-0.1, -0.05) is 47.5 Å². The molecular formula is C20H25NO3. The van der Waals surface area contributed by atoms with E-state index >= 15 is 0 Å². The maximum absolute atomic E-state index is 12.4. The second-order valence-electron chi connectivity index (χ2n) is 6.02. The van der Waals surface area contributed by atoms with Crippen LogP contribution in [0, 0.1) is 20.8 Å². The lowest BCUT2D eigenvalue weighted by Gasteiger charge is -2.19. The van der Waals surface area contributed by atoms with Crippen LogP contribution in [-0.4, -0.2) is 30.8 Å². The Hall–Kier alpha value is -2.17. The number of aliphatic hydroxyl groups excluding tert-OH is 1. The minimum atomic E-state index is -0.285. The molecule has 0 fully saturated rings. The molecule has 0 saturated carbocycles. The van der Waals surface area contributed by atoms with Crippen LogP contribution in [0.3, 0.4) is 0 Å². The van der Waals surface area contributed by atoms with Crippen molar-refractivity contribution < 1.29 is 14.6 Å². The molecule has 2 N–H and O–H groups in total. The van der Waals surface area contributed by atoms with Gasteiger partial charge < -0.3 is 15.2 Å². The van der Waals surface area contributed by atoms with Gasteiger partial charge in [0.05, 0.1) is 19.3 Å². The van der Waals surface area contributed by atoms with Crippen molar-refractivity contribution >= 4 is 5.91 Å². The third-order valence-electron chi connectivity index (χ3n) is 3.93. The molecule has 2 aromatic carbocycles. The van der Waals surface area contributed by atoms with Crippen LogP contribution in [0.25, 0.3) is 0 Å². The van der Waals surface area contributed by atoms with E-state index in [2.05, 4.69) is 5.32 Å². The van der Waals surface area contributed by atoms with Crippen molar-refractivity contribution in [1.29, 1.82) is 0 Å². The molecule has 1 amide bonds. The number of aryl methyl sites for hydroxylation is 3. The zero-order chi connectivity index (χ0) is 17.5. The van der Waals surface area contributed by atoms with Gasteiger partial charge in [0, 0.05) is 12.1 Å². The summed E-state index contributed by atoms with van der Waals surface area (Å²) in [6.07, 6.45) is -0.285. The van der Waals surface area contributed by atoms with Crippen molar-refractivity contribution in [3.63, 3.8) is 0 Å². The minimum absolute atomic E-state index is 0.0482. The number of amides is 1. The summed E-state index contributed by atoms with van der Waals surface area (Å²) < 4.78 is 5.69. The van der Waals surface area contributed by atoms with Gasteiger partial charge in [-0.2, -0.15) is 0 Å². The second kappa shape index (κ2) is 8.62. The minimum Gasteiger partial charge on any atom is -0.394 e. The van der Waals surface area contributed by atoms with E-state index in [0.29, 0.717) is 12.1 Å². The molecular weight excluding hydrogens is 302 g/mol. The van der Waals surface area contributed by atoms with Gasteiger partial charge in [-0.05, 0) is 38.0 Å². The van der Waals surface area contributed by atoms with E-state index in [1.807, 2.05) is 63.2 Å². The zero-order valence-corrected chi connectivity index (χ0v) is 14.5. The Morgan fingerprint density at radius 2 is 1.75 bits per heavy atom. The lowest BCUT2D eigenvalue weighted by molar-refractivity contribution is 0.0277. The van der Waals surface area contributed by atoms with Gasteiger partial charge in [-0.3, -0.25) is 4.79 Å². The number of hydrogen-bond donors (Lipinski definition) is 2. The highest BCUT2D eigenvalue weighted by Gasteiger charge is 2.15. The standard InChI is InChI=1S/C20H25NO3/c1-14-4-7-17(8-5-14)19(24-11-10-22)13-21-20(23)18-9-6-15(2)12-16(18)3/h4-9,12,19,22H,10-11,13H2,1-3H3,(H,21,23). The average Bonchev–Trinajstić information content (AvgIpc) is 2.56. The van der Waals surface area contributed by atoms with E-state index < -0.39 is 0 Å². The summed E-state index contributed by atoms with van der Waals surface area (Å²) in [5.74, 6) is -0.114. The van der Waals surface area contributed by atoms with E-state index in [4.69, 9.17) is 9.84 Å². The van der Waals surface area contributed by atoms with Crippen LogP contribution < -0.4 is 5.32 Å². The molecule has 24 heavy (non-hydrogen) atoms. The fourth-order valence-corrected chi connectivity index (χ4v) is 2.60. The molecule has 0 aliphatic rings. The smallest absolute Gasteiger partial charge is 0.251 e. The molecule has 2 aromatic rings. The molecule has 4 nitrogen and oxygen atoms in total. The maximum atomic E-state index is 12.4. The Bertz CT molecular complexity index is 680. The normalized spacial score (nSPS) is 12.0. The molecule has 4 heteroatoms. The van der Waals surface area contributed by atoms with E-state index in [1.165, 1.54) is 5.56 Å². The van der Waals surface area contributed by atoms with Gasteiger partial charge >= 0.3 is 0 Å². The van der Waals surface area contributed by atoms with Gasteiger partial charge in [0.15, 0.2) is 0 Å². The predicted octanol–water partition coefficient (Wildman–Crippen LogP) is 3.09. The van der Waals surface area contributed by atoms with Crippen molar-refractivity contribution in [2.24, 2.45) is 0 Å². The lowest BCUT2D eigenvalue weighted by atomic mass is 10.0. The van der Waals surface area contributed by atoms with Gasteiger partial charge in [0.1, 0.15) is 0 Å². The predicted molar refractivity (Wildman–Crippen MR) is 95.2 cm³/mol. The number of benzene rings is 2. The molecule has 1 unspecified atom stereocenters. The van der Waals surface area contributed by atoms with Gasteiger partial charge in [-0.15, -0.1) is 0 Å². The first-order valence-corrected chi connectivity index (χ1v) is 8.15. The molecule has 0 heterocycles. The maximum Gasteiger partial charge on any atom is 0.251 e. The monoisotopic (exact) mass is 327 g/mol. The summed E-state index contributed by atoms with van der Waals surface area (Å²) in [6.45, 7) is 6.50. The molecule has 1 atom stereocenters. The summed E-state index contributed by atoms with van der Waals surface area (Å²) in [5, 5.41) is 11.9. The number of hydrogen-bond acceptors (Lipinski definition) is 3. The first-order valence-electron chi connectivity index (χ1n) is 8.15. The van der Waals surface area contributed by atoms with Crippen LogP contribution in [-0.2, 0) is 4.74 Å². The summed E-state index contributed by atoms with van der Waals surface area (Å²) in [5.41, 5.74) is 4.91. The SMILES string of the molecule is Cc1ccc(C(CNC(=O)c2ccc(C)cc2C)OCCO)cc1. The number of nitrogens with one attached hydrogen (secondary N) is 1. The molecule has 0 spiro atoms. The first-order chi connectivity index (χ1) is 11.5. The number of ether oxygens (including phenoxy) is 1. The first kappa shape index (κ1) is 18.2. The van der Waals surface area contributed by atoms with Crippen LogP contribution in [0.15, 0.2) is 42.5 Å². The lowest BCUT2D eigenvalue weighted by Crippen LogP contribution is -2.30. The van der Waals surface area contributed by atoms with E-state index in [1.54, 1.807) is 0 Å². The number of carbonyl (C=O) groups excluding carboxylic acids is 1. The van der Waals surface area contributed by atoms with Gasteiger partial charge in [0.2, 0.25) is 0 Å². The van der Waals surface area contributed by atoms with Crippen molar-refractivity contribution in [3.05, 3.63) is 70.3 Å². The quantitative estimate of drug-likeness (QED) is 0.821. The Morgan fingerprint density at radius 1 is 1.08 bits per heavy atom. The van der Waals surface area contributed by atoms with Crippen molar-refractivity contribution in [2.75, 3.05) is 19.8 Å². The highest BCUT2D eigenvalue weighted by molar-refractivity contribution is 5.95. The molecule has 0 aliphatic carbocycles. The Morgan fingerprint density at radius 3 is 2.38 bits per heavy atom. The number of carbonyl (C=O) groups is 1. The van der Waals surface area contributed by atoms with Crippen LogP contribution in [0.5, 0.6) is 0 Å². The van der Waals surface area contributed by atoms with Crippen molar-refractivity contribution in [3.8, 4) is 0 Å². The second-order valence-corrected chi connectivity index (χ2v) is 6.02. The highest BCUT2D eigenvalue weighted by Crippen LogP contribution is 2.18. The fraction of sp³-hybridized carbons (Fsp3) is 0.350. The summed E-state index contributed by atoms with van der Waals surface area (Å²) in [4.78, 5) is 12.4. The van der Waals surface area contributed by atoms with Crippen LogP contribution in [0.4, 0.5) is 0 Å². The average molecular weight is 327 g/mol. The van der Waals surface area contributed by atoms with E-state index in [9.17, 15) is 4.79 Å². The molecule has 2 rings (SSSR count). The van der Waals surface area contributed by atoms with Crippen LogP contribution in [0.2, 0.25) is 0 Å². The molecule has 0 bridgehead atoms. The Balaban J connectivity index is 2.06. The fourth-order valence-electron chi connectivity index (χ4n) is 2.60. The van der Waals surface area contributed by atoms with E-state index in [-0.39, 0.29) is 25.2 Å². The molecule has 0 saturated heterocycles. The summed E-state index contributed by atoms with van der Waals surface area (Å²) in [6, 6.07) is 13.8. The van der Waals surface area contributed by atoms with Crippen molar-refractivity contribution in [2.45, 2.75) is 26.9 Å². The van der Waals surface area contributed by atoms with Crippen LogP contribution in [0.1, 0.15) is 38.7 Å². The topological polar surface area (TPSA) is 58.6 Å². The van der Waals surface area contributed by atoms with E-state index in [0.717, 1.165) is 16.7 Å². The third-order valence-corrected chi connectivity index (χ3v) is 3.93. The van der Waals surface area contributed by atoms with Crippen molar-refractivity contribution in [1.82, 2.24) is 5.32 Å². The van der Waals surface area contributed by atoms with Crippen LogP contribution >= 0.6 is 0 Å². The Labute approximate surface area is 143 Å². The number of aliphatic hydroxyl groups is 1. The third kappa shape index (κ3) is 4.91. The number of rotatable bonds is 7. The summed E-state index contributed by atoms with van der Waals surface area (Å²) >= 11 is 0. The van der Waals surface area contributed by atoms with Gasteiger partial charge in [0.25, 0.3) is 5.91 Å².